The van der Waals surface area contributed by atoms with Crippen LogP contribution in [0, 0.1) is 12.7 Å². The van der Waals surface area contributed by atoms with Crippen molar-refractivity contribution in [2.75, 3.05) is 13.7 Å². The van der Waals surface area contributed by atoms with Gasteiger partial charge in [0.2, 0.25) is 15.9 Å². The zero-order chi connectivity index (χ0) is 23.1. The number of methoxy groups -OCH3 is 1. The predicted molar refractivity (Wildman–Crippen MR) is 120 cm³/mol. The molecule has 0 fully saturated rings. The van der Waals surface area contributed by atoms with Crippen LogP contribution in [-0.2, 0) is 27.9 Å². The van der Waals surface area contributed by atoms with Gasteiger partial charge in [-0.2, -0.15) is 4.31 Å². The Hall–Kier alpha value is -3.23. The van der Waals surface area contributed by atoms with Crippen molar-refractivity contribution >= 4 is 15.9 Å². The van der Waals surface area contributed by atoms with E-state index in [4.69, 9.17) is 4.74 Å². The van der Waals surface area contributed by atoms with E-state index in [-0.39, 0.29) is 23.5 Å². The molecule has 0 heterocycles. The fraction of sp³-hybridized carbons (Fsp3) is 0.208. The Bertz CT molecular complexity index is 1160. The van der Waals surface area contributed by atoms with E-state index in [9.17, 15) is 17.6 Å². The number of hydrogen-bond donors (Lipinski definition) is 1. The molecule has 0 saturated carbocycles. The summed E-state index contributed by atoms with van der Waals surface area (Å²) in [5.41, 5.74) is 1.93. The van der Waals surface area contributed by atoms with Gasteiger partial charge in [0.15, 0.2) is 0 Å². The number of hydrogen-bond acceptors (Lipinski definition) is 4. The Morgan fingerprint density at radius 3 is 2.28 bits per heavy atom. The second kappa shape index (κ2) is 10.4. The first-order chi connectivity index (χ1) is 15.3. The number of aryl methyl sites for hydroxylation is 1. The SMILES string of the molecule is COc1ccc(CNC(=O)CN(Cc2ccccc2F)S(=O)(=O)c2ccc(C)cc2)cc1. The molecule has 8 heteroatoms. The molecular formula is C24H25FN2O4S. The molecule has 0 aliphatic rings. The number of nitrogens with zero attached hydrogens (tertiary/aromatic N) is 1. The van der Waals surface area contributed by atoms with Crippen molar-refractivity contribution in [2.45, 2.75) is 24.9 Å². The highest BCUT2D eigenvalue weighted by molar-refractivity contribution is 7.89. The monoisotopic (exact) mass is 456 g/mol. The summed E-state index contributed by atoms with van der Waals surface area (Å²) in [7, 11) is -2.47. The molecule has 1 N–H and O–H groups in total. The van der Waals surface area contributed by atoms with Crippen LogP contribution in [0.1, 0.15) is 16.7 Å². The van der Waals surface area contributed by atoms with Crippen LogP contribution >= 0.6 is 0 Å². The van der Waals surface area contributed by atoms with Crippen LogP contribution in [0.25, 0.3) is 0 Å². The van der Waals surface area contributed by atoms with Crippen molar-refractivity contribution in [1.29, 1.82) is 0 Å². The summed E-state index contributed by atoms with van der Waals surface area (Å²) in [5, 5.41) is 2.72. The number of halogens is 1. The van der Waals surface area contributed by atoms with Gasteiger partial charge in [0.1, 0.15) is 11.6 Å². The van der Waals surface area contributed by atoms with Gasteiger partial charge in [-0.1, -0.05) is 48.0 Å². The summed E-state index contributed by atoms with van der Waals surface area (Å²) < 4.78 is 46.8. The van der Waals surface area contributed by atoms with Gasteiger partial charge in [-0.3, -0.25) is 4.79 Å². The van der Waals surface area contributed by atoms with E-state index in [0.717, 1.165) is 15.4 Å². The molecule has 168 valence electrons. The molecule has 0 spiro atoms. The van der Waals surface area contributed by atoms with Gasteiger partial charge in [0.05, 0.1) is 18.6 Å². The highest BCUT2D eigenvalue weighted by Gasteiger charge is 2.27. The molecule has 0 aromatic heterocycles. The third-order valence-corrected chi connectivity index (χ3v) is 6.74. The van der Waals surface area contributed by atoms with Crippen molar-refractivity contribution < 1.29 is 22.3 Å². The highest BCUT2D eigenvalue weighted by Crippen LogP contribution is 2.20. The summed E-state index contributed by atoms with van der Waals surface area (Å²) in [6, 6.07) is 19.4. The number of nitrogens with one attached hydrogen (secondary N) is 1. The maximum absolute atomic E-state index is 14.2. The summed E-state index contributed by atoms with van der Waals surface area (Å²) in [6.45, 7) is 1.36. The molecule has 0 saturated heterocycles. The minimum Gasteiger partial charge on any atom is -0.497 e. The predicted octanol–water partition coefficient (Wildman–Crippen LogP) is 3.65. The molecule has 32 heavy (non-hydrogen) atoms. The maximum atomic E-state index is 14.2. The number of carbonyl (C=O) groups excluding carboxylic acids is 1. The molecule has 6 nitrogen and oxygen atoms in total. The Kier molecular flexibility index (Phi) is 7.61. The zero-order valence-corrected chi connectivity index (χ0v) is 18.7. The maximum Gasteiger partial charge on any atom is 0.243 e. The lowest BCUT2D eigenvalue weighted by atomic mass is 10.2. The van der Waals surface area contributed by atoms with E-state index < -0.39 is 28.3 Å². The van der Waals surface area contributed by atoms with Crippen molar-refractivity contribution in [3.05, 3.63) is 95.3 Å². The molecular weight excluding hydrogens is 431 g/mol. The van der Waals surface area contributed by atoms with E-state index in [1.165, 1.54) is 30.3 Å². The van der Waals surface area contributed by atoms with Crippen LogP contribution in [0.3, 0.4) is 0 Å². The summed E-state index contributed by atoms with van der Waals surface area (Å²) in [5.74, 6) is -0.330. The quantitative estimate of drug-likeness (QED) is 0.533. The Morgan fingerprint density at radius 2 is 1.66 bits per heavy atom. The normalized spacial score (nSPS) is 11.4. The van der Waals surface area contributed by atoms with E-state index in [1.54, 1.807) is 49.6 Å². The topological polar surface area (TPSA) is 75.7 Å². The van der Waals surface area contributed by atoms with Crippen LogP contribution in [0.5, 0.6) is 5.75 Å². The van der Waals surface area contributed by atoms with E-state index in [2.05, 4.69) is 5.32 Å². The van der Waals surface area contributed by atoms with Gasteiger partial charge in [0.25, 0.3) is 0 Å². The lowest BCUT2D eigenvalue weighted by Crippen LogP contribution is -2.40. The van der Waals surface area contributed by atoms with E-state index in [0.29, 0.717) is 5.75 Å². The Balaban J connectivity index is 1.79. The number of rotatable bonds is 9. The largest absolute Gasteiger partial charge is 0.497 e. The zero-order valence-electron chi connectivity index (χ0n) is 17.9. The van der Waals surface area contributed by atoms with E-state index in [1.807, 2.05) is 6.92 Å². The number of sulfonamides is 1. The smallest absolute Gasteiger partial charge is 0.243 e. The Morgan fingerprint density at radius 1 is 1.00 bits per heavy atom. The van der Waals surface area contributed by atoms with Gasteiger partial charge < -0.3 is 10.1 Å². The van der Waals surface area contributed by atoms with E-state index >= 15 is 0 Å². The first-order valence-corrected chi connectivity index (χ1v) is 11.4. The highest BCUT2D eigenvalue weighted by atomic mass is 32.2. The van der Waals surface area contributed by atoms with Crippen molar-refractivity contribution in [3.63, 3.8) is 0 Å². The van der Waals surface area contributed by atoms with Gasteiger partial charge in [-0.05, 0) is 42.8 Å². The molecule has 3 aromatic carbocycles. The molecule has 0 radical (unpaired) electrons. The van der Waals surface area contributed by atoms with Crippen LogP contribution in [0.4, 0.5) is 4.39 Å². The van der Waals surface area contributed by atoms with Crippen LogP contribution in [0.2, 0.25) is 0 Å². The molecule has 0 aliphatic carbocycles. The second-order valence-electron chi connectivity index (χ2n) is 7.30. The third-order valence-electron chi connectivity index (χ3n) is 4.93. The standard InChI is InChI=1S/C24H25FN2O4S/c1-18-7-13-22(14-8-18)32(29,30)27(16-20-5-3-4-6-23(20)25)17-24(28)26-15-19-9-11-21(31-2)12-10-19/h3-14H,15-17H2,1-2H3,(H,26,28). The Labute approximate surface area is 187 Å². The lowest BCUT2D eigenvalue weighted by molar-refractivity contribution is -0.121. The number of amides is 1. The number of benzene rings is 3. The average molecular weight is 457 g/mol. The summed E-state index contributed by atoms with van der Waals surface area (Å²) in [4.78, 5) is 12.7. The molecule has 0 aliphatic heterocycles. The van der Waals surface area contributed by atoms with Crippen LogP contribution in [0.15, 0.2) is 77.7 Å². The number of ether oxygens (including phenoxy) is 1. The van der Waals surface area contributed by atoms with Gasteiger partial charge in [0, 0.05) is 18.7 Å². The van der Waals surface area contributed by atoms with Crippen molar-refractivity contribution in [1.82, 2.24) is 9.62 Å². The van der Waals surface area contributed by atoms with Crippen molar-refractivity contribution in [3.8, 4) is 5.75 Å². The average Bonchev–Trinajstić information content (AvgIpc) is 2.79. The van der Waals surface area contributed by atoms with Gasteiger partial charge in [-0.25, -0.2) is 12.8 Å². The molecule has 3 rings (SSSR count). The molecule has 0 atom stereocenters. The first-order valence-electron chi connectivity index (χ1n) is 9.99. The summed E-state index contributed by atoms with van der Waals surface area (Å²) in [6.07, 6.45) is 0. The van der Waals surface area contributed by atoms with Crippen molar-refractivity contribution in [2.24, 2.45) is 0 Å². The fourth-order valence-corrected chi connectivity index (χ4v) is 4.44. The third kappa shape index (κ3) is 5.93. The fourth-order valence-electron chi connectivity index (χ4n) is 3.06. The van der Waals surface area contributed by atoms with Crippen LogP contribution in [-0.4, -0.2) is 32.3 Å². The minimum absolute atomic E-state index is 0.0439. The minimum atomic E-state index is -4.03. The number of carbonyl (C=O) groups is 1. The molecule has 1 amide bonds. The first kappa shape index (κ1) is 23.4. The van der Waals surface area contributed by atoms with Crippen LogP contribution < -0.4 is 10.1 Å². The van der Waals surface area contributed by atoms with Gasteiger partial charge in [-0.15, -0.1) is 0 Å². The molecule has 0 bridgehead atoms. The summed E-state index contributed by atoms with van der Waals surface area (Å²) >= 11 is 0. The van der Waals surface area contributed by atoms with Gasteiger partial charge >= 0.3 is 0 Å². The second-order valence-corrected chi connectivity index (χ2v) is 9.24. The lowest BCUT2D eigenvalue weighted by Gasteiger charge is -2.22. The molecule has 0 unspecified atom stereocenters. The molecule has 3 aromatic rings.